The standard InChI is InChI=1S/C60H60N6O4S4/c1-5-9-15-35(7-3)29-39-33-49(37-21-23-43-41-17-11-13-19-45(41)65(47(43)31-37)27-25-51(67)68)71-59(39)53-55-57(63-73-61-55)54(58-56(53)62-74-64-58)60-40(30-36(8-4)16-10-6-2)34-50(72-60)38-22-24-44-42-18-12-14-20-46(42)66(48(44)32-38)28-26-52(69)70/h11-14,17-24,31-36H,5-10,15-16,25-30H2,1-4H3,(H,67,68)(H,69,70). The van der Waals surface area contributed by atoms with Gasteiger partial charge in [-0.05, 0) is 83.3 Å². The number of hydrogen-bond acceptors (Lipinski definition) is 9. The fourth-order valence-electron chi connectivity index (χ4n) is 11.4. The second-order valence-electron chi connectivity index (χ2n) is 19.9. The monoisotopic (exact) mass is 1060 g/mol. The van der Waals surface area contributed by atoms with Gasteiger partial charge in [0.2, 0.25) is 0 Å². The highest BCUT2D eigenvalue weighted by molar-refractivity contribution is 7.58. The summed E-state index contributed by atoms with van der Waals surface area (Å²) in [5.74, 6) is -0.612. The molecule has 0 fully saturated rings. The zero-order chi connectivity index (χ0) is 51.0. The van der Waals surface area contributed by atoms with E-state index in [1.807, 2.05) is 24.3 Å². The molecule has 2 N–H and O–H groups in total. The van der Waals surface area contributed by atoms with E-state index < -0.39 is 11.9 Å². The molecule has 6 heterocycles. The zero-order valence-electron chi connectivity index (χ0n) is 42.3. The van der Waals surface area contributed by atoms with Gasteiger partial charge in [0.05, 0.1) is 47.1 Å². The molecule has 0 saturated heterocycles. The molecule has 10 nitrogen and oxygen atoms in total. The minimum atomic E-state index is -0.814. The smallest absolute Gasteiger partial charge is 0.305 e. The van der Waals surface area contributed by atoms with E-state index in [0.29, 0.717) is 24.9 Å². The minimum absolute atomic E-state index is 0.0390. The van der Waals surface area contributed by atoms with Crippen molar-refractivity contribution in [2.45, 2.75) is 118 Å². The molecule has 0 saturated carbocycles. The summed E-state index contributed by atoms with van der Waals surface area (Å²) in [5.41, 5.74) is 14.3. The van der Waals surface area contributed by atoms with Gasteiger partial charge in [0.25, 0.3) is 0 Å². The van der Waals surface area contributed by atoms with Crippen molar-refractivity contribution in [3.63, 3.8) is 0 Å². The highest BCUT2D eigenvalue weighted by atomic mass is 32.1. The Balaban J connectivity index is 1.08. The lowest BCUT2D eigenvalue weighted by Gasteiger charge is -2.17. The Hall–Kier alpha value is -6.32. The Morgan fingerprint density at radius 3 is 1.41 bits per heavy atom. The molecule has 1 aliphatic heterocycles. The maximum absolute atomic E-state index is 11.9. The van der Waals surface area contributed by atoms with Crippen molar-refractivity contribution in [3.05, 3.63) is 108 Å². The molecule has 0 bridgehead atoms. The lowest BCUT2D eigenvalue weighted by atomic mass is 9.89. The van der Waals surface area contributed by atoms with Gasteiger partial charge in [0, 0.05) is 76.2 Å². The summed E-state index contributed by atoms with van der Waals surface area (Å²) in [5, 5.41) is 24.0. The van der Waals surface area contributed by atoms with E-state index in [1.165, 1.54) is 47.1 Å². The molecule has 11 rings (SSSR count). The molecule has 0 aliphatic carbocycles. The van der Waals surface area contributed by atoms with Gasteiger partial charge in [-0.3, -0.25) is 9.59 Å². The van der Waals surface area contributed by atoms with E-state index in [1.54, 1.807) is 22.7 Å². The van der Waals surface area contributed by atoms with E-state index in [-0.39, 0.29) is 12.8 Å². The number of nitrogens with zero attached hydrogens (tertiary/aromatic N) is 6. The first kappa shape index (κ1) is 49.9. The number of unbranched alkanes of at least 4 members (excludes halogenated alkanes) is 2. The summed E-state index contributed by atoms with van der Waals surface area (Å²) >= 11 is 6.09. The Bertz CT molecular complexity index is 3610. The number of carboxylic acid groups (broad SMARTS) is 2. The van der Waals surface area contributed by atoms with E-state index in [4.69, 9.17) is 17.5 Å². The molecule has 378 valence electrons. The third kappa shape index (κ3) is 9.32. The Labute approximate surface area is 446 Å². The molecule has 5 aromatic heterocycles. The molecule has 1 aliphatic rings. The zero-order valence-corrected chi connectivity index (χ0v) is 45.6. The van der Waals surface area contributed by atoms with Crippen LogP contribution in [0.5, 0.6) is 0 Å². The van der Waals surface area contributed by atoms with Crippen LogP contribution in [0, 0.1) is 11.8 Å². The van der Waals surface area contributed by atoms with Crippen molar-refractivity contribution < 1.29 is 19.8 Å². The van der Waals surface area contributed by atoms with Gasteiger partial charge in [-0.2, -0.15) is 17.5 Å². The summed E-state index contributed by atoms with van der Waals surface area (Å²) in [7, 11) is 0. The van der Waals surface area contributed by atoms with E-state index in [2.05, 4.69) is 110 Å². The highest BCUT2D eigenvalue weighted by Crippen LogP contribution is 2.57. The van der Waals surface area contributed by atoms with Gasteiger partial charge in [-0.25, -0.2) is 0 Å². The van der Waals surface area contributed by atoms with Gasteiger partial charge in [-0.15, -0.1) is 22.7 Å². The lowest BCUT2D eigenvalue weighted by molar-refractivity contribution is -0.138. The first-order valence-electron chi connectivity index (χ1n) is 26.3. The van der Waals surface area contributed by atoms with Crippen LogP contribution in [0.25, 0.3) is 96.4 Å². The third-order valence-electron chi connectivity index (χ3n) is 15.3. The van der Waals surface area contributed by atoms with Crippen LogP contribution < -0.4 is 0 Å². The lowest BCUT2D eigenvalue weighted by Crippen LogP contribution is -2.04. The highest BCUT2D eigenvalue weighted by Gasteiger charge is 2.32. The predicted molar refractivity (Wildman–Crippen MR) is 311 cm³/mol. The van der Waals surface area contributed by atoms with Crippen LogP contribution in [0.3, 0.4) is 0 Å². The number of thiophene rings is 2. The second kappa shape index (κ2) is 21.5. The van der Waals surface area contributed by atoms with E-state index >= 15 is 0 Å². The summed E-state index contributed by atoms with van der Waals surface area (Å²) in [6, 6.07) is 34.7. The number of fused-ring (bicyclic) bond motifs is 8. The van der Waals surface area contributed by atoms with Crippen molar-refractivity contribution in [1.29, 1.82) is 0 Å². The van der Waals surface area contributed by atoms with Crippen molar-refractivity contribution in [3.8, 4) is 41.8 Å². The van der Waals surface area contributed by atoms with Crippen LogP contribution in [0.1, 0.15) is 103 Å². The summed E-state index contributed by atoms with van der Waals surface area (Å²) < 4.78 is 25.1. The normalized spacial score (nSPS) is 13.2. The summed E-state index contributed by atoms with van der Waals surface area (Å²) in [6.45, 7) is 9.93. The number of aromatic nitrogens is 4. The number of hydrogen-bond donors (Lipinski definition) is 2. The van der Waals surface area contributed by atoms with Gasteiger partial charge in [0.15, 0.2) is 0 Å². The van der Waals surface area contributed by atoms with Crippen molar-refractivity contribution in [2.24, 2.45) is 20.6 Å². The number of carboxylic acids is 2. The molecule has 2 unspecified atom stereocenters. The molecular weight excluding hydrogens is 997 g/mol. The SMILES string of the molecule is CCCCC(CC)Cc1cc(-c2ccc3c4ccccc4n(CCC(=O)O)c3c2)sc1-c1c2c(c(-c3sc(-c4ccc5c6ccccc6n(CCC(=O)O)c5c4)cc3CC(CC)CCCC)c3nsnc13)N=S=N2. The largest absolute Gasteiger partial charge is 0.481 e. The van der Waals surface area contributed by atoms with Gasteiger partial charge < -0.3 is 19.3 Å². The number of rotatable bonds is 22. The van der Waals surface area contributed by atoms with Crippen LogP contribution >= 0.6 is 34.4 Å². The molecular formula is C60H60N6O4S4. The molecule has 0 amide bonds. The molecule has 74 heavy (non-hydrogen) atoms. The Kier molecular flexibility index (Phi) is 14.5. The van der Waals surface area contributed by atoms with Gasteiger partial charge >= 0.3 is 11.9 Å². The molecule has 5 aromatic carbocycles. The van der Waals surface area contributed by atoms with Crippen molar-refractivity contribution in [2.75, 3.05) is 0 Å². The number of para-hydroxylation sites is 2. The molecule has 0 spiro atoms. The van der Waals surface area contributed by atoms with Gasteiger partial charge in [-0.1, -0.05) is 140 Å². The molecule has 14 heteroatoms. The van der Waals surface area contributed by atoms with E-state index in [0.717, 1.165) is 159 Å². The van der Waals surface area contributed by atoms with Crippen LogP contribution in [0.15, 0.2) is 106 Å². The predicted octanol–water partition coefficient (Wildman–Crippen LogP) is 17.9. The van der Waals surface area contributed by atoms with Crippen LogP contribution in [0.4, 0.5) is 11.4 Å². The van der Waals surface area contributed by atoms with Gasteiger partial charge in [0.1, 0.15) is 22.4 Å². The number of aryl methyl sites for hydroxylation is 2. The fourth-order valence-corrected chi connectivity index (χ4v) is 15.0. The quantitative estimate of drug-likeness (QED) is 0.0694. The molecule has 10 aromatic rings. The van der Waals surface area contributed by atoms with Crippen LogP contribution in [-0.4, -0.2) is 40.0 Å². The first-order chi connectivity index (χ1) is 36.2. The number of benzene rings is 5. The average molecular weight is 1060 g/mol. The number of carbonyl (C=O) groups is 2. The first-order valence-corrected chi connectivity index (χ1v) is 29.4. The minimum Gasteiger partial charge on any atom is -0.481 e. The van der Waals surface area contributed by atoms with Crippen molar-refractivity contribution in [1.82, 2.24) is 17.9 Å². The Morgan fingerprint density at radius 2 is 0.986 bits per heavy atom. The topological polar surface area (TPSA) is 135 Å². The molecule has 0 radical (unpaired) electrons. The third-order valence-corrected chi connectivity index (χ3v) is 18.9. The Morgan fingerprint density at radius 1 is 0.554 bits per heavy atom. The maximum atomic E-state index is 11.9. The molecule has 2 atom stereocenters. The van der Waals surface area contributed by atoms with Crippen LogP contribution in [-0.2, 0) is 46.9 Å². The number of aliphatic carboxylic acids is 2. The van der Waals surface area contributed by atoms with Crippen LogP contribution in [0.2, 0.25) is 0 Å². The van der Waals surface area contributed by atoms with Crippen molar-refractivity contribution >= 4 is 124 Å². The van der Waals surface area contributed by atoms with E-state index in [9.17, 15) is 19.8 Å². The summed E-state index contributed by atoms with van der Waals surface area (Å²) in [4.78, 5) is 28.4. The average Bonchev–Trinajstić information content (AvgIpc) is 4.30. The fraction of sp³-hybridized carbons (Fsp3) is 0.333. The maximum Gasteiger partial charge on any atom is 0.305 e. The summed E-state index contributed by atoms with van der Waals surface area (Å²) in [6.07, 6.45) is 11.1. The second-order valence-corrected chi connectivity index (χ2v) is 23.1.